The van der Waals surface area contributed by atoms with Gasteiger partial charge in [0.1, 0.15) is 5.69 Å². The maximum atomic E-state index is 4.61. The van der Waals surface area contributed by atoms with Crippen LogP contribution in [0.1, 0.15) is 22.4 Å². The largest absolute Gasteiger partial charge is 0.281 e. The van der Waals surface area contributed by atoms with Gasteiger partial charge in [-0.1, -0.05) is 48.6 Å². The monoisotopic (exact) mass is 355 g/mol. The molecule has 0 saturated carbocycles. The number of aromatic amines is 1. The fourth-order valence-electron chi connectivity index (χ4n) is 3.81. The average molecular weight is 355 g/mol. The van der Waals surface area contributed by atoms with Crippen LogP contribution in [0.25, 0.3) is 16.6 Å². The number of fused-ring (bicyclic) bond motifs is 1. The lowest BCUT2D eigenvalue weighted by atomic mass is 9.68. The third kappa shape index (κ3) is 2.34. The predicted molar refractivity (Wildman–Crippen MR) is 106 cm³/mol. The van der Waals surface area contributed by atoms with E-state index in [9.17, 15) is 0 Å². The highest BCUT2D eigenvalue weighted by molar-refractivity contribution is 7.13. The molecule has 1 aliphatic rings. The van der Waals surface area contributed by atoms with Crippen LogP contribution in [0.15, 0.2) is 78.4 Å². The molecular formula is C22H17N3S. The fourth-order valence-corrected chi connectivity index (χ4v) is 4.54. The Hall–Kier alpha value is -2.98. The van der Waals surface area contributed by atoms with Crippen molar-refractivity contribution in [1.29, 1.82) is 0 Å². The Kier molecular flexibility index (Phi) is 3.57. The van der Waals surface area contributed by atoms with Gasteiger partial charge in [0, 0.05) is 35.5 Å². The molecule has 0 spiro atoms. The van der Waals surface area contributed by atoms with Crippen LogP contribution in [0.5, 0.6) is 0 Å². The van der Waals surface area contributed by atoms with Crippen LogP contribution in [0, 0.1) is 0 Å². The standard InChI is InChI=1S/C22H17N3S/c1-2-5-16(6-3-1)22(17-9-12-23-13-10-17)11-8-18-19(15-22)24-25-21(18)20-7-4-14-26-20/h1-14H,15H2,(H,24,25). The number of H-pyrrole nitrogens is 1. The van der Waals surface area contributed by atoms with Crippen LogP contribution in [-0.4, -0.2) is 15.2 Å². The number of allylic oxidation sites excluding steroid dienone is 1. The summed E-state index contributed by atoms with van der Waals surface area (Å²) in [5.41, 5.74) is 5.73. The van der Waals surface area contributed by atoms with Crippen molar-refractivity contribution < 1.29 is 0 Å². The normalized spacial score (nSPS) is 18.6. The maximum absolute atomic E-state index is 4.61. The number of hydrogen-bond donors (Lipinski definition) is 1. The molecule has 1 N–H and O–H groups in total. The number of rotatable bonds is 3. The minimum Gasteiger partial charge on any atom is -0.281 e. The molecule has 3 aromatic heterocycles. The second kappa shape index (κ2) is 6.07. The summed E-state index contributed by atoms with van der Waals surface area (Å²) < 4.78 is 0. The lowest BCUT2D eigenvalue weighted by Crippen LogP contribution is -2.30. The van der Waals surface area contributed by atoms with E-state index < -0.39 is 0 Å². The molecule has 1 unspecified atom stereocenters. The van der Waals surface area contributed by atoms with Gasteiger partial charge in [0.05, 0.1) is 4.88 Å². The Labute approximate surface area is 156 Å². The van der Waals surface area contributed by atoms with Gasteiger partial charge in [-0.3, -0.25) is 10.1 Å². The summed E-state index contributed by atoms with van der Waals surface area (Å²) in [6, 6.07) is 19.1. The van der Waals surface area contributed by atoms with Crippen LogP contribution >= 0.6 is 11.3 Å². The van der Waals surface area contributed by atoms with Crippen LogP contribution in [0.3, 0.4) is 0 Å². The Morgan fingerprint density at radius 2 is 1.73 bits per heavy atom. The Morgan fingerprint density at radius 3 is 2.50 bits per heavy atom. The first-order valence-electron chi connectivity index (χ1n) is 8.63. The van der Waals surface area contributed by atoms with E-state index in [4.69, 9.17) is 0 Å². The quantitative estimate of drug-likeness (QED) is 0.556. The summed E-state index contributed by atoms with van der Waals surface area (Å²) in [6.07, 6.45) is 9.14. The number of benzene rings is 1. The van der Waals surface area contributed by atoms with Gasteiger partial charge in [0.15, 0.2) is 0 Å². The van der Waals surface area contributed by atoms with Crippen LogP contribution in [0.4, 0.5) is 0 Å². The second-order valence-electron chi connectivity index (χ2n) is 6.53. The van der Waals surface area contributed by atoms with Crippen molar-refractivity contribution in [3.05, 3.63) is 101 Å². The SMILES string of the molecule is C1=CC(c2ccccc2)(c2ccncc2)Cc2[nH]nc(-c3cccs3)c21. The van der Waals surface area contributed by atoms with E-state index in [0.717, 1.165) is 12.1 Å². The molecule has 0 bridgehead atoms. The fraction of sp³-hybridized carbons (Fsp3) is 0.0909. The molecule has 0 saturated heterocycles. The Morgan fingerprint density at radius 1 is 0.923 bits per heavy atom. The Balaban J connectivity index is 1.67. The van der Waals surface area contributed by atoms with Crippen molar-refractivity contribution in [1.82, 2.24) is 15.2 Å². The molecule has 0 amide bonds. The molecule has 5 rings (SSSR count). The summed E-state index contributed by atoms with van der Waals surface area (Å²) in [6.45, 7) is 0. The molecule has 26 heavy (non-hydrogen) atoms. The van der Waals surface area contributed by atoms with Gasteiger partial charge >= 0.3 is 0 Å². The van der Waals surface area contributed by atoms with Crippen molar-refractivity contribution >= 4 is 17.4 Å². The third-order valence-corrected chi connectivity index (χ3v) is 5.99. The van der Waals surface area contributed by atoms with Gasteiger partial charge in [0.2, 0.25) is 0 Å². The third-order valence-electron chi connectivity index (χ3n) is 5.11. The summed E-state index contributed by atoms with van der Waals surface area (Å²) in [5, 5.41) is 10.0. The molecule has 4 aromatic rings. The van der Waals surface area contributed by atoms with Crippen molar-refractivity contribution in [2.75, 3.05) is 0 Å². The van der Waals surface area contributed by atoms with E-state index in [1.165, 1.54) is 27.3 Å². The van der Waals surface area contributed by atoms with Gasteiger partial charge in [-0.05, 0) is 34.7 Å². The molecule has 0 fully saturated rings. The van der Waals surface area contributed by atoms with Crippen LogP contribution < -0.4 is 0 Å². The molecule has 1 atom stereocenters. The summed E-state index contributed by atoms with van der Waals surface area (Å²) in [7, 11) is 0. The van der Waals surface area contributed by atoms with Crippen molar-refractivity contribution in [3.63, 3.8) is 0 Å². The lowest BCUT2D eigenvalue weighted by Gasteiger charge is -2.34. The number of aromatic nitrogens is 3. The summed E-state index contributed by atoms with van der Waals surface area (Å²) in [4.78, 5) is 5.40. The Bertz CT molecular complexity index is 1010. The zero-order valence-electron chi connectivity index (χ0n) is 14.1. The van der Waals surface area contributed by atoms with Gasteiger partial charge < -0.3 is 0 Å². The number of hydrogen-bond acceptors (Lipinski definition) is 3. The van der Waals surface area contributed by atoms with E-state index in [0.29, 0.717) is 0 Å². The minimum absolute atomic E-state index is 0.212. The zero-order valence-corrected chi connectivity index (χ0v) is 14.9. The highest BCUT2D eigenvalue weighted by atomic mass is 32.1. The molecule has 0 radical (unpaired) electrons. The predicted octanol–water partition coefficient (Wildman–Crippen LogP) is 5.09. The van der Waals surface area contributed by atoms with Crippen LogP contribution in [-0.2, 0) is 11.8 Å². The summed E-state index contributed by atoms with van der Waals surface area (Å²) in [5.74, 6) is 0. The van der Waals surface area contributed by atoms with Gasteiger partial charge in [0.25, 0.3) is 0 Å². The molecule has 1 aromatic carbocycles. The first-order chi connectivity index (χ1) is 12.9. The van der Waals surface area contributed by atoms with Gasteiger partial charge in [-0.25, -0.2) is 0 Å². The average Bonchev–Trinajstić information content (AvgIpc) is 3.38. The van der Waals surface area contributed by atoms with Crippen LogP contribution in [0.2, 0.25) is 0 Å². The zero-order chi connectivity index (χ0) is 17.4. The molecule has 126 valence electrons. The van der Waals surface area contributed by atoms with Crippen molar-refractivity contribution in [2.24, 2.45) is 0 Å². The second-order valence-corrected chi connectivity index (χ2v) is 7.47. The molecule has 0 aliphatic heterocycles. The lowest BCUT2D eigenvalue weighted by molar-refractivity contribution is 0.619. The van der Waals surface area contributed by atoms with E-state index in [1.54, 1.807) is 11.3 Å². The first-order valence-corrected chi connectivity index (χ1v) is 9.51. The highest BCUT2D eigenvalue weighted by Crippen LogP contribution is 2.43. The summed E-state index contributed by atoms with van der Waals surface area (Å²) >= 11 is 1.72. The minimum atomic E-state index is -0.212. The van der Waals surface area contributed by atoms with Crippen molar-refractivity contribution in [3.8, 4) is 10.6 Å². The number of nitrogens with one attached hydrogen (secondary N) is 1. The topological polar surface area (TPSA) is 41.6 Å². The van der Waals surface area contributed by atoms with E-state index >= 15 is 0 Å². The van der Waals surface area contributed by atoms with E-state index in [2.05, 4.69) is 87.3 Å². The smallest absolute Gasteiger partial charge is 0.109 e. The van der Waals surface area contributed by atoms with Gasteiger partial charge in [-0.15, -0.1) is 11.3 Å². The number of pyridine rings is 1. The number of thiophene rings is 1. The molecule has 3 nitrogen and oxygen atoms in total. The first kappa shape index (κ1) is 15.3. The highest BCUT2D eigenvalue weighted by Gasteiger charge is 2.36. The molecular weight excluding hydrogens is 338 g/mol. The van der Waals surface area contributed by atoms with E-state index in [1.807, 2.05) is 12.4 Å². The molecule has 3 heterocycles. The van der Waals surface area contributed by atoms with Crippen molar-refractivity contribution in [2.45, 2.75) is 11.8 Å². The van der Waals surface area contributed by atoms with Gasteiger partial charge in [-0.2, -0.15) is 5.10 Å². The van der Waals surface area contributed by atoms with E-state index in [-0.39, 0.29) is 5.41 Å². The number of nitrogens with zero attached hydrogens (tertiary/aromatic N) is 2. The maximum Gasteiger partial charge on any atom is 0.109 e. The molecule has 4 heteroatoms. The molecule has 1 aliphatic carbocycles.